The molecule has 0 aliphatic carbocycles. The van der Waals surface area contributed by atoms with Gasteiger partial charge in [-0.3, -0.25) is 4.79 Å². The lowest BCUT2D eigenvalue weighted by atomic mass is 10.2. The summed E-state index contributed by atoms with van der Waals surface area (Å²) in [5.74, 6) is -0.0417. The van der Waals surface area contributed by atoms with Crippen LogP contribution in [0, 0.1) is 0 Å². The fourth-order valence-electron chi connectivity index (χ4n) is 3.27. The zero-order valence-electron chi connectivity index (χ0n) is 15.0. The summed E-state index contributed by atoms with van der Waals surface area (Å²) >= 11 is 6.25. The number of benzene rings is 1. The van der Waals surface area contributed by atoms with Gasteiger partial charge in [0.1, 0.15) is 32.7 Å². The maximum Gasteiger partial charge on any atom is 0.295 e. The van der Waals surface area contributed by atoms with Crippen LogP contribution in [-0.4, -0.2) is 49.4 Å². The molecule has 1 saturated heterocycles. The Balaban J connectivity index is 1.39. The van der Waals surface area contributed by atoms with Crippen molar-refractivity contribution in [2.45, 2.75) is 6.54 Å². The highest BCUT2D eigenvalue weighted by Crippen LogP contribution is 2.13. The first-order valence-electron chi connectivity index (χ1n) is 8.95. The maximum atomic E-state index is 12.1. The first-order chi connectivity index (χ1) is 12.6. The molecule has 0 bridgehead atoms. The molecular weight excluding hydrogens is 350 g/mol. The normalized spacial score (nSPS) is 20.4. The topological polar surface area (TPSA) is 55.3 Å². The summed E-state index contributed by atoms with van der Waals surface area (Å²) in [7, 11) is 1.94. The maximum absolute atomic E-state index is 12.1. The third-order valence-corrected chi connectivity index (χ3v) is 5.21. The average Bonchev–Trinajstić information content (AvgIpc) is 3.04. The van der Waals surface area contributed by atoms with Gasteiger partial charge in [0.05, 0.1) is 11.9 Å². The molecule has 0 atom stereocenters. The number of piperazine rings is 1. The molecule has 6 nitrogen and oxygen atoms in total. The first-order valence-corrected chi connectivity index (χ1v) is 9.33. The van der Waals surface area contributed by atoms with Crippen LogP contribution >= 0.6 is 11.6 Å². The van der Waals surface area contributed by atoms with E-state index in [1.54, 1.807) is 6.21 Å². The Hall–Kier alpha value is -2.15. The van der Waals surface area contributed by atoms with Gasteiger partial charge in [0, 0.05) is 23.8 Å². The largest absolute Gasteiger partial charge is 0.350 e. The van der Waals surface area contributed by atoms with Crippen molar-refractivity contribution in [3.8, 4) is 0 Å². The number of nitrogens with one attached hydrogen (secondary N) is 3. The third-order valence-electron chi connectivity index (χ3n) is 4.84. The van der Waals surface area contributed by atoms with E-state index in [4.69, 9.17) is 11.6 Å². The quantitative estimate of drug-likeness (QED) is 0.445. The predicted molar refractivity (Wildman–Crippen MR) is 103 cm³/mol. The number of carbonyl (C=O) groups is 1. The molecule has 2 heterocycles. The number of nitrogens with zero attached hydrogens (tertiary/aromatic N) is 2. The molecule has 3 N–H and O–H groups in total. The summed E-state index contributed by atoms with van der Waals surface area (Å²) in [6.45, 7) is 5.45. The number of amides is 1. The molecule has 1 amide bonds. The second-order valence-corrected chi connectivity index (χ2v) is 7.19. The number of hydrazone groups is 1. The Morgan fingerprint density at radius 3 is 2.62 bits per heavy atom. The molecule has 1 aliphatic heterocycles. The van der Waals surface area contributed by atoms with Gasteiger partial charge in [-0.15, -0.1) is 0 Å². The summed E-state index contributed by atoms with van der Waals surface area (Å²) in [4.78, 5) is 14.9. The Labute approximate surface area is 159 Å². The molecule has 1 aromatic heterocycles. The molecular formula is C19H26ClN5O+2. The fourth-order valence-corrected chi connectivity index (χ4v) is 3.47. The second-order valence-electron chi connectivity index (χ2n) is 6.78. The van der Waals surface area contributed by atoms with E-state index in [0.29, 0.717) is 6.54 Å². The third kappa shape index (κ3) is 5.17. The van der Waals surface area contributed by atoms with Gasteiger partial charge in [-0.2, -0.15) is 5.10 Å². The van der Waals surface area contributed by atoms with Crippen molar-refractivity contribution < 1.29 is 14.6 Å². The van der Waals surface area contributed by atoms with Crippen LogP contribution in [0.15, 0.2) is 47.7 Å². The van der Waals surface area contributed by atoms with Crippen LogP contribution < -0.4 is 15.2 Å². The lowest BCUT2D eigenvalue weighted by molar-refractivity contribution is -1.02. The van der Waals surface area contributed by atoms with E-state index in [1.807, 2.05) is 48.1 Å². The molecule has 0 radical (unpaired) electrons. The molecule has 2 aromatic rings. The number of hydrogen-bond acceptors (Lipinski definition) is 2. The van der Waals surface area contributed by atoms with Crippen LogP contribution in [0.4, 0.5) is 0 Å². The number of aromatic nitrogens is 1. The highest BCUT2D eigenvalue weighted by Gasteiger charge is 2.25. The standard InChI is InChI=1S/C19H24ClN5O/c1-23-8-4-6-17(23)13-21-22-19(26)15-25-11-9-24(10-12-25)14-16-5-2-3-7-18(16)20/h2-8,13H,9-12,14-15H2,1H3,(H,22,26)/p+2. The number of halogens is 1. The van der Waals surface area contributed by atoms with Crippen molar-refractivity contribution in [1.82, 2.24) is 9.99 Å². The Morgan fingerprint density at radius 1 is 1.19 bits per heavy atom. The zero-order chi connectivity index (χ0) is 18.4. The van der Waals surface area contributed by atoms with Crippen LogP contribution in [0.25, 0.3) is 0 Å². The van der Waals surface area contributed by atoms with E-state index >= 15 is 0 Å². The van der Waals surface area contributed by atoms with Gasteiger partial charge in [-0.05, 0) is 18.2 Å². The van der Waals surface area contributed by atoms with Crippen LogP contribution in [0.5, 0.6) is 0 Å². The van der Waals surface area contributed by atoms with Crippen molar-refractivity contribution in [3.63, 3.8) is 0 Å². The van der Waals surface area contributed by atoms with Gasteiger partial charge in [-0.1, -0.05) is 29.8 Å². The molecule has 1 fully saturated rings. The lowest BCUT2D eigenvalue weighted by Gasteiger charge is -2.29. The Kier molecular flexibility index (Phi) is 6.44. The molecule has 3 rings (SSSR count). The molecule has 26 heavy (non-hydrogen) atoms. The number of rotatable bonds is 6. The zero-order valence-corrected chi connectivity index (χ0v) is 15.8. The monoisotopic (exact) mass is 375 g/mol. The number of hydrogen-bond donors (Lipinski definition) is 3. The highest BCUT2D eigenvalue weighted by molar-refractivity contribution is 6.31. The van der Waals surface area contributed by atoms with E-state index in [9.17, 15) is 4.79 Å². The van der Waals surface area contributed by atoms with Crippen molar-refractivity contribution in [1.29, 1.82) is 0 Å². The summed E-state index contributed by atoms with van der Waals surface area (Å²) in [6, 6.07) is 11.9. The van der Waals surface area contributed by atoms with Crippen LogP contribution in [0.3, 0.4) is 0 Å². The van der Waals surface area contributed by atoms with Crippen molar-refractivity contribution in [2.24, 2.45) is 12.1 Å². The number of carbonyl (C=O) groups excluding carboxylic acids is 1. The molecule has 7 heteroatoms. The minimum absolute atomic E-state index is 0.0417. The number of quaternary nitrogens is 2. The number of aryl methyl sites for hydroxylation is 1. The second kappa shape index (κ2) is 8.98. The minimum Gasteiger partial charge on any atom is -0.350 e. The fraction of sp³-hybridized carbons (Fsp3) is 0.368. The van der Waals surface area contributed by atoms with Crippen molar-refractivity contribution in [2.75, 3.05) is 32.7 Å². The summed E-state index contributed by atoms with van der Waals surface area (Å²) in [5.41, 5.74) is 4.77. The smallest absolute Gasteiger partial charge is 0.295 e. The van der Waals surface area contributed by atoms with Gasteiger partial charge in [0.25, 0.3) is 5.91 Å². The van der Waals surface area contributed by atoms with Gasteiger partial charge in [-0.25, -0.2) is 5.43 Å². The van der Waals surface area contributed by atoms with Crippen molar-refractivity contribution in [3.05, 3.63) is 58.9 Å². The van der Waals surface area contributed by atoms with Gasteiger partial charge in [0.15, 0.2) is 6.54 Å². The molecule has 1 aliphatic rings. The molecule has 0 unspecified atom stereocenters. The Morgan fingerprint density at radius 2 is 1.92 bits per heavy atom. The van der Waals surface area contributed by atoms with E-state index in [0.717, 1.165) is 43.4 Å². The molecule has 0 spiro atoms. The SMILES string of the molecule is Cn1cccc1C=NNC(=O)C[NH+]1CC[NH+](Cc2ccccc2Cl)CC1. The Bertz CT molecular complexity index is 765. The van der Waals surface area contributed by atoms with E-state index < -0.39 is 0 Å². The molecule has 0 saturated carbocycles. The van der Waals surface area contributed by atoms with E-state index in [1.165, 1.54) is 15.4 Å². The predicted octanol–water partition coefficient (Wildman–Crippen LogP) is -0.888. The van der Waals surface area contributed by atoms with Crippen LogP contribution in [-0.2, 0) is 18.4 Å². The first kappa shape index (κ1) is 18.6. The van der Waals surface area contributed by atoms with Crippen molar-refractivity contribution >= 4 is 23.7 Å². The minimum atomic E-state index is -0.0417. The van der Waals surface area contributed by atoms with Gasteiger partial charge < -0.3 is 14.4 Å². The molecule has 138 valence electrons. The summed E-state index contributed by atoms with van der Waals surface area (Å²) in [6.07, 6.45) is 3.61. The van der Waals surface area contributed by atoms with E-state index in [2.05, 4.69) is 16.6 Å². The lowest BCUT2D eigenvalue weighted by Crippen LogP contribution is -3.28. The summed E-state index contributed by atoms with van der Waals surface area (Å²) < 4.78 is 1.95. The van der Waals surface area contributed by atoms with Crippen LogP contribution in [0.2, 0.25) is 5.02 Å². The molecule has 1 aromatic carbocycles. The highest BCUT2D eigenvalue weighted by atomic mass is 35.5. The summed E-state index contributed by atoms with van der Waals surface area (Å²) in [5, 5.41) is 4.88. The van der Waals surface area contributed by atoms with Crippen LogP contribution in [0.1, 0.15) is 11.3 Å². The van der Waals surface area contributed by atoms with Gasteiger partial charge in [0.2, 0.25) is 0 Å². The van der Waals surface area contributed by atoms with Gasteiger partial charge >= 0.3 is 0 Å². The average molecular weight is 376 g/mol. The van der Waals surface area contributed by atoms with E-state index in [-0.39, 0.29) is 5.91 Å².